The van der Waals surface area contributed by atoms with Gasteiger partial charge in [-0.3, -0.25) is 5.41 Å². The van der Waals surface area contributed by atoms with Crippen LogP contribution in [0.15, 0.2) is 23.3 Å². The summed E-state index contributed by atoms with van der Waals surface area (Å²) in [4.78, 5) is 0. The highest BCUT2D eigenvalue weighted by molar-refractivity contribution is 6.10. The van der Waals surface area contributed by atoms with E-state index in [1.807, 2.05) is 26.0 Å². The van der Waals surface area contributed by atoms with Crippen molar-refractivity contribution in [2.75, 3.05) is 0 Å². The molecule has 0 aliphatic heterocycles. The molecule has 0 fully saturated rings. The topological polar surface area (TPSA) is 23.9 Å². The second-order valence-corrected chi connectivity index (χ2v) is 2.77. The quantitative estimate of drug-likeness (QED) is 0.492. The molecular weight excluding hydrogens is 122 g/mol. The van der Waals surface area contributed by atoms with Gasteiger partial charge in [-0.25, -0.2) is 0 Å². The number of allylic oxidation sites excluding steroid dienone is 4. The van der Waals surface area contributed by atoms with Gasteiger partial charge in [0.2, 0.25) is 0 Å². The van der Waals surface area contributed by atoms with E-state index >= 15 is 0 Å². The molecule has 0 atom stereocenters. The highest BCUT2D eigenvalue weighted by Crippen LogP contribution is 2.19. The maximum Gasteiger partial charge on any atom is 0.171 e. The zero-order chi connectivity index (χ0) is 7.72. The van der Waals surface area contributed by atoms with Crippen molar-refractivity contribution in [2.45, 2.75) is 20.8 Å². The molecule has 0 heterocycles. The molecule has 0 saturated heterocycles. The van der Waals surface area contributed by atoms with Crippen molar-refractivity contribution in [3.63, 3.8) is 0 Å². The van der Waals surface area contributed by atoms with Crippen LogP contribution in [-0.2, 0) is 0 Å². The van der Waals surface area contributed by atoms with Crippen molar-refractivity contribution < 1.29 is 0 Å². The van der Waals surface area contributed by atoms with E-state index in [1.165, 1.54) is 5.57 Å². The Balaban J connectivity index is 2.95. The zero-order valence-corrected chi connectivity index (χ0v) is 6.65. The van der Waals surface area contributed by atoms with Crippen LogP contribution in [0, 0.1) is 11.3 Å². The average molecular weight is 134 g/mol. The lowest BCUT2D eigenvalue weighted by molar-refractivity contribution is 1.24. The second-order valence-electron chi connectivity index (χ2n) is 2.77. The minimum Gasteiger partial charge on any atom is -0.275 e. The largest absolute Gasteiger partial charge is 0.275 e. The van der Waals surface area contributed by atoms with Crippen LogP contribution in [0.4, 0.5) is 0 Å². The first-order valence-corrected chi connectivity index (χ1v) is 3.40. The maximum absolute atomic E-state index is 7.54. The molecule has 0 aromatic heterocycles. The molecule has 1 aliphatic carbocycles. The highest BCUT2D eigenvalue weighted by Gasteiger charge is 2.21. The Hall–Kier alpha value is -0.980. The van der Waals surface area contributed by atoms with Gasteiger partial charge < -0.3 is 0 Å². The molecule has 1 aliphatic rings. The fourth-order valence-electron chi connectivity index (χ4n) is 1.18. The number of hydrogen-bond acceptors (Lipinski definition) is 1. The van der Waals surface area contributed by atoms with Gasteiger partial charge in [0, 0.05) is 26.3 Å². The van der Waals surface area contributed by atoms with Crippen molar-refractivity contribution in [2.24, 2.45) is 0 Å². The van der Waals surface area contributed by atoms with Gasteiger partial charge in [-0.2, -0.15) is 0 Å². The number of rotatable bonds is 0. The third-order valence-electron chi connectivity index (χ3n) is 1.68. The van der Waals surface area contributed by atoms with Crippen LogP contribution in [0.5, 0.6) is 0 Å². The first kappa shape index (κ1) is 7.13. The first-order chi connectivity index (χ1) is 4.61. The smallest absolute Gasteiger partial charge is 0.171 e. The summed E-state index contributed by atoms with van der Waals surface area (Å²) in [5, 5.41) is 7.54. The van der Waals surface area contributed by atoms with Crippen LogP contribution < -0.4 is 0 Å². The Morgan fingerprint density at radius 3 is 2.50 bits per heavy atom. The lowest BCUT2D eigenvalue weighted by Gasteiger charge is -2.05. The van der Waals surface area contributed by atoms with E-state index in [1.54, 1.807) is 0 Å². The van der Waals surface area contributed by atoms with Crippen molar-refractivity contribution in [1.29, 1.82) is 5.41 Å². The van der Waals surface area contributed by atoms with Crippen LogP contribution >= 0.6 is 0 Å². The van der Waals surface area contributed by atoms with Gasteiger partial charge >= 0.3 is 0 Å². The fourth-order valence-corrected chi connectivity index (χ4v) is 1.18. The monoisotopic (exact) mass is 134 g/mol. The first-order valence-electron chi connectivity index (χ1n) is 3.40. The summed E-state index contributed by atoms with van der Waals surface area (Å²) < 4.78 is 0. The molecule has 1 nitrogen and oxygen atoms in total. The molecule has 1 N–H and O–H groups in total. The molecule has 0 unspecified atom stereocenters. The molecule has 52 valence electrons. The average Bonchev–Trinajstić information content (AvgIpc) is 1.82. The summed E-state index contributed by atoms with van der Waals surface area (Å²) in [5.74, 6) is 1.07. The summed E-state index contributed by atoms with van der Waals surface area (Å²) in [5.41, 5.74) is 2.98. The van der Waals surface area contributed by atoms with E-state index in [0.29, 0.717) is 5.71 Å². The second kappa shape index (κ2) is 2.33. The molecular formula is C9H12N+. The van der Waals surface area contributed by atoms with E-state index in [4.69, 9.17) is 5.41 Å². The molecule has 10 heavy (non-hydrogen) atoms. The predicted molar refractivity (Wildman–Crippen MR) is 44.2 cm³/mol. The van der Waals surface area contributed by atoms with Crippen LogP contribution in [-0.4, -0.2) is 5.71 Å². The highest BCUT2D eigenvalue weighted by atomic mass is 14.4. The Morgan fingerprint density at radius 1 is 1.40 bits per heavy atom. The van der Waals surface area contributed by atoms with Gasteiger partial charge in [0.25, 0.3) is 0 Å². The standard InChI is InChI=1S/C9H12N/c1-6-4-7(2)9(10)8(3)5-6/h4-5,10H,1-3H3/q+1. The predicted octanol–water partition coefficient (Wildman–Crippen LogP) is 2.51. The van der Waals surface area contributed by atoms with E-state index in [-0.39, 0.29) is 0 Å². The van der Waals surface area contributed by atoms with Gasteiger partial charge in [-0.05, 0) is 0 Å². The summed E-state index contributed by atoms with van der Waals surface area (Å²) in [6, 6.07) is 0. The van der Waals surface area contributed by atoms with E-state index < -0.39 is 0 Å². The third kappa shape index (κ3) is 1.13. The molecule has 1 heteroatoms. The van der Waals surface area contributed by atoms with Gasteiger partial charge in [0.15, 0.2) is 5.71 Å². The normalized spacial score (nSPS) is 18.7. The van der Waals surface area contributed by atoms with E-state index in [0.717, 1.165) is 11.5 Å². The Morgan fingerprint density at radius 2 is 2.00 bits per heavy atom. The van der Waals surface area contributed by atoms with Gasteiger partial charge in [0.1, 0.15) is 0 Å². The van der Waals surface area contributed by atoms with Crippen LogP contribution in [0.25, 0.3) is 0 Å². The van der Waals surface area contributed by atoms with E-state index in [2.05, 4.69) is 6.92 Å². The molecule has 0 aromatic carbocycles. The van der Waals surface area contributed by atoms with E-state index in [9.17, 15) is 0 Å². The Bertz CT molecular complexity index is 221. The fraction of sp³-hybridized carbons (Fsp3) is 0.333. The van der Waals surface area contributed by atoms with Crippen molar-refractivity contribution in [3.05, 3.63) is 29.2 Å². The number of hydrogen-bond donors (Lipinski definition) is 1. The Labute approximate surface area is 62.0 Å². The molecule has 0 saturated carbocycles. The van der Waals surface area contributed by atoms with Crippen LogP contribution in [0.1, 0.15) is 20.8 Å². The molecule has 0 radical (unpaired) electrons. The molecule has 0 bridgehead atoms. The SMILES string of the molecule is CC1=C[C+](C)C(=N)C(C)=C1. The van der Waals surface area contributed by atoms with Crippen LogP contribution in [0.3, 0.4) is 0 Å². The lowest BCUT2D eigenvalue weighted by Crippen LogP contribution is -2.10. The summed E-state index contributed by atoms with van der Waals surface area (Å²) in [6.45, 7) is 6.00. The van der Waals surface area contributed by atoms with Crippen molar-refractivity contribution in [3.8, 4) is 0 Å². The molecule has 1 rings (SSSR count). The minimum absolute atomic E-state index is 0.672. The number of nitrogens with one attached hydrogen (secondary N) is 1. The molecule has 0 amide bonds. The zero-order valence-electron chi connectivity index (χ0n) is 6.65. The molecule has 0 spiro atoms. The Kier molecular flexibility index (Phi) is 1.66. The lowest BCUT2D eigenvalue weighted by atomic mass is 9.91. The summed E-state index contributed by atoms with van der Waals surface area (Å²) in [7, 11) is 0. The summed E-state index contributed by atoms with van der Waals surface area (Å²) >= 11 is 0. The third-order valence-corrected chi connectivity index (χ3v) is 1.68. The minimum atomic E-state index is 0.672. The van der Waals surface area contributed by atoms with Crippen molar-refractivity contribution in [1.82, 2.24) is 0 Å². The van der Waals surface area contributed by atoms with Crippen LogP contribution in [0.2, 0.25) is 0 Å². The molecule has 0 aromatic rings. The van der Waals surface area contributed by atoms with Gasteiger partial charge in [-0.1, -0.05) is 0 Å². The van der Waals surface area contributed by atoms with Gasteiger partial charge in [-0.15, -0.1) is 0 Å². The van der Waals surface area contributed by atoms with Crippen molar-refractivity contribution >= 4 is 5.71 Å². The maximum atomic E-state index is 7.54. The summed E-state index contributed by atoms with van der Waals surface area (Å²) in [6.07, 6.45) is 4.07. The van der Waals surface area contributed by atoms with Gasteiger partial charge in [0.05, 0.1) is 23.6 Å².